The fourth-order valence-electron chi connectivity index (χ4n) is 2.46. The highest BCUT2D eigenvalue weighted by Crippen LogP contribution is 2.39. The van der Waals surface area contributed by atoms with E-state index in [0.717, 1.165) is 21.5 Å². The van der Waals surface area contributed by atoms with Crippen molar-refractivity contribution in [1.29, 1.82) is 0 Å². The molecule has 2 aromatic carbocycles. The summed E-state index contributed by atoms with van der Waals surface area (Å²) in [6.45, 7) is 1.20. The number of halogens is 2. The van der Waals surface area contributed by atoms with Crippen LogP contribution in [0.3, 0.4) is 0 Å². The van der Waals surface area contributed by atoms with Crippen LogP contribution in [0.5, 0.6) is 11.5 Å². The molecule has 0 bridgehead atoms. The Morgan fingerprint density at radius 1 is 1.10 bits per heavy atom. The van der Waals surface area contributed by atoms with Crippen molar-refractivity contribution in [1.82, 2.24) is 5.32 Å². The predicted octanol–water partition coefficient (Wildman–Crippen LogP) is 4.13. The van der Waals surface area contributed by atoms with Crippen molar-refractivity contribution in [3.05, 3.63) is 55.6 Å². The molecule has 0 saturated carbocycles. The van der Waals surface area contributed by atoms with Crippen molar-refractivity contribution in [2.75, 3.05) is 20.3 Å². The Kier molecular flexibility index (Phi) is 4.71. The van der Waals surface area contributed by atoms with E-state index in [0.29, 0.717) is 13.2 Å². The van der Waals surface area contributed by atoms with Crippen LogP contribution in [0.1, 0.15) is 17.2 Å². The summed E-state index contributed by atoms with van der Waals surface area (Å²) in [6, 6.07) is 12.7. The molecular formula is C16H15BrINO2. The van der Waals surface area contributed by atoms with E-state index < -0.39 is 0 Å². The molecule has 0 fully saturated rings. The van der Waals surface area contributed by atoms with Gasteiger partial charge in [0.05, 0.1) is 6.04 Å². The minimum atomic E-state index is 0.104. The van der Waals surface area contributed by atoms with Crippen LogP contribution in [0.15, 0.2) is 40.9 Å². The first-order valence-electron chi connectivity index (χ1n) is 6.71. The van der Waals surface area contributed by atoms with Gasteiger partial charge in [-0.25, -0.2) is 0 Å². The first kappa shape index (κ1) is 15.1. The molecule has 1 N–H and O–H groups in total. The molecule has 110 valence electrons. The van der Waals surface area contributed by atoms with Gasteiger partial charge < -0.3 is 14.8 Å². The van der Waals surface area contributed by atoms with Crippen LogP contribution < -0.4 is 14.8 Å². The third-order valence-electron chi connectivity index (χ3n) is 3.46. The minimum Gasteiger partial charge on any atom is -0.486 e. The van der Waals surface area contributed by atoms with E-state index in [4.69, 9.17) is 9.47 Å². The molecule has 0 radical (unpaired) electrons. The molecule has 5 heteroatoms. The van der Waals surface area contributed by atoms with Gasteiger partial charge in [-0.2, -0.15) is 0 Å². The summed E-state index contributed by atoms with van der Waals surface area (Å²) < 4.78 is 13.6. The predicted molar refractivity (Wildman–Crippen MR) is 95.2 cm³/mol. The van der Waals surface area contributed by atoms with E-state index in [1.807, 2.05) is 13.1 Å². The van der Waals surface area contributed by atoms with Crippen molar-refractivity contribution in [3.8, 4) is 11.5 Å². The zero-order chi connectivity index (χ0) is 14.8. The van der Waals surface area contributed by atoms with Gasteiger partial charge in [0.25, 0.3) is 0 Å². The number of fused-ring (bicyclic) bond motifs is 1. The number of rotatable bonds is 3. The summed E-state index contributed by atoms with van der Waals surface area (Å²) in [5, 5.41) is 3.37. The van der Waals surface area contributed by atoms with Gasteiger partial charge in [0, 0.05) is 8.04 Å². The highest BCUT2D eigenvalue weighted by atomic mass is 127. The number of nitrogens with one attached hydrogen (secondary N) is 1. The Hall–Kier alpha value is -0.790. The van der Waals surface area contributed by atoms with Gasteiger partial charge >= 0.3 is 0 Å². The van der Waals surface area contributed by atoms with Gasteiger partial charge in [-0.1, -0.05) is 28.1 Å². The lowest BCUT2D eigenvalue weighted by Crippen LogP contribution is -2.20. The lowest BCUT2D eigenvalue weighted by molar-refractivity contribution is 0.171. The zero-order valence-electron chi connectivity index (χ0n) is 11.5. The Bertz CT molecular complexity index is 645. The second kappa shape index (κ2) is 6.54. The molecular weight excluding hydrogens is 445 g/mol. The van der Waals surface area contributed by atoms with Gasteiger partial charge in [-0.15, -0.1) is 0 Å². The molecule has 0 aromatic heterocycles. The Morgan fingerprint density at radius 2 is 1.71 bits per heavy atom. The number of hydrogen-bond acceptors (Lipinski definition) is 3. The van der Waals surface area contributed by atoms with Gasteiger partial charge in [0.1, 0.15) is 13.2 Å². The number of ether oxygens (including phenoxy) is 2. The molecule has 1 unspecified atom stereocenters. The van der Waals surface area contributed by atoms with E-state index in [1.165, 1.54) is 9.13 Å². The molecule has 1 aliphatic heterocycles. The summed E-state index contributed by atoms with van der Waals surface area (Å²) in [7, 11) is 1.96. The summed E-state index contributed by atoms with van der Waals surface area (Å²) >= 11 is 5.97. The third kappa shape index (κ3) is 3.19. The van der Waals surface area contributed by atoms with Crippen LogP contribution >= 0.6 is 38.5 Å². The molecule has 2 aromatic rings. The molecule has 1 aliphatic rings. The lowest BCUT2D eigenvalue weighted by atomic mass is 9.98. The smallest absolute Gasteiger partial charge is 0.162 e. The van der Waals surface area contributed by atoms with Crippen LogP contribution in [0.2, 0.25) is 0 Å². The second-order valence-corrected chi connectivity index (χ2v) is 6.89. The van der Waals surface area contributed by atoms with E-state index >= 15 is 0 Å². The van der Waals surface area contributed by atoms with Crippen molar-refractivity contribution < 1.29 is 9.47 Å². The fraction of sp³-hybridized carbons (Fsp3) is 0.250. The van der Waals surface area contributed by atoms with Crippen LogP contribution in [-0.2, 0) is 0 Å². The second-order valence-electron chi connectivity index (χ2n) is 4.79. The first-order valence-corrected chi connectivity index (χ1v) is 8.58. The minimum absolute atomic E-state index is 0.104. The van der Waals surface area contributed by atoms with Gasteiger partial charge in [0.2, 0.25) is 0 Å². The molecule has 0 amide bonds. The highest BCUT2D eigenvalue weighted by Gasteiger charge is 2.20. The highest BCUT2D eigenvalue weighted by molar-refractivity contribution is 14.1. The number of hydrogen-bond donors (Lipinski definition) is 1. The maximum atomic E-state index is 5.69. The van der Waals surface area contributed by atoms with Crippen molar-refractivity contribution >= 4 is 38.5 Å². The molecule has 0 aliphatic carbocycles. The fourth-order valence-corrected chi connectivity index (χ4v) is 3.37. The van der Waals surface area contributed by atoms with Crippen molar-refractivity contribution in [2.24, 2.45) is 0 Å². The maximum Gasteiger partial charge on any atom is 0.162 e. The summed E-state index contributed by atoms with van der Waals surface area (Å²) in [5.74, 6) is 1.61. The molecule has 1 heterocycles. The maximum absolute atomic E-state index is 5.69. The molecule has 0 spiro atoms. The van der Waals surface area contributed by atoms with E-state index in [9.17, 15) is 0 Å². The normalized spacial score (nSPS) is 14.8. The zero-order valence-corrected chi connectivity index (χ0v) is 15.3. The van der Waals surface area contributed by atoms with Gasteiger partial charge in [-0.05, 0) is 65.0 Å². The lowest BCUT2D eigenvalue weighted by Gasteiger charge is -2.23. The Morgan fingerprint density at radius 3 is 2.33 bits per heavy atom. The summed E-state index contributed by atoms with van der Waals surface area (Å²) in [4.78, 5) is 0. The van der Waals surface area contributed by atoms with Gasteiger partial charge in [-0.3, -0.25) is 0 Å². The monoisotopic (exact) mass is 459 g/mol. The largest absolute Gasteiger partial charge is 0.486 e. The van der Waals surface area contributed by atoms with Crippen LogP contribution in [0.25, 0.3) is 0 Å². The molecule has 3 nitrogen and oxygen atoms in total. The van der Waals surface area contributed by atoms with Crippen LogP contribution in [0, 0.1) is 3.57 Å². The molecule has 0 saturated heterocycles. The average Bonchev–Trinajstić information content (AvgIpc) is 2.50. The molecule has 3 rings (SSSR count). The molecule has 21 heavy (non-hydrogen) atoms. The van der Waals surface area contributed by atoms with Crippen molar-refractivity contribution in [3.63, 3.8) is 0 Å². The number of benzene rings is 2. The van der Waals surface area contributed by atoms with Gasteiger partial charge in [0.15, 0.2) is 11.5 Å². The third-order valence-corrected chi connectivity index (χ3v) is 4.87. The topological polar surface area (TPSA) is 30.5 Å². The van der Waals surface area contributed by atoms with Crippen LogP contribution in [0.4, 0.5) is 0 Å². The molecule has 1 atom stereocenters. The Balaban J connectivity index is 2.02. The quantitative estimate of drug-likeness (QED) is 0.700. The van der Waals surface area contributed by atoms with Crippen molar-refractivity contribution in [2.45, 2.75) is 6.04 Å². The summed E-state index contributed by atoms with van der Waals surface area (Å²) in [6.07, 6.45) is 0. The standard InChI is InChI=1S/C16H15BrINO2/c1-19-16(10-2-4-11(18)5-3-10)12-8-14-15(9-13(12)17)21-7-6-20-14/h2-5,8-9,16,19H,6-7H2,1H3. The van der Waals surface area contributed by atoms with E-state index in [1.54, 1.807) is 0 Å². The van der Waals surface area contributed by atoms with E-state index in [-0.39, 0.29) is 6.04 Å². The Labute approximate surface area is 146 Å². The van der Waals surface area contributed by atoms with E-state index in [2.05, 4.69) is 74.2 Å². The average molecular weight is 460 g/mol. The summed E-state index contributed by atoms with van der Waals surface area (Å²) in [5.41, 5.74) is 2.36. The van der Waals surface area contributed by atoms with Crippen LogP contribution in [-0.4, -0.2) is 20.3 Å². The SMILES string of the molecule is CNC(c1ccc(I)cc1)c1cc2c(cc1Br)OCCO2. The first-order chi connectivity index (χ1) is 10.2.